The van der Waals surface area contributed by atoms with Crippen LogP contribution >= 0.6 is 0 Å². The molecular weight excluding hydrogens is 100 g/mol. The van der Waals surface area contributed by atoms with Crippen LogP contribution in [0.25, 0.3) is 0 Å². The van der Waals surface area contributed by atoms with Crippen LogP contribution in [0.15, 0.2) is 11.9 Å². The van der Waals surface area contributed by atoms with Crippen LogP contribution in [-0.4, -0.2) is 26.0 Å². The quantitative estimate of drug-likeness (QED) is 0.566. The fourth-order valence-electron chi connectivity index (χ4n) is 0.452. The lowest BCUT2D eigenvalue weighted by atomic mass is 10.5. The Balaban J connectivity index is 3.56. The maximum atomic E-state index is 3.02. The van der Waals surface area contributed by atoms with Crippen molar-refractivity contribution in [1.29, 1.82) is 0 Å². The van der Waals surface area contributed by atoms with Crippen LogP contribution in [0.5, 0.6) is 0 Å². The fraction of sp³-hybridized carbons (Fsp3) is 0.667. The van der Waals surface area contributed by atoms with Crippen molar-refractivity contribution in [1.82, 2.24) is 10.2 Å². The topological polar surface area (TPSA) is 15.3 Å². The summed E-state index contributed by atoms with van der Waals surface area (Å²) in [5, 5.41) is 3.02. The Labute approximate surface area is 51.2 Å². The molecule has 0 aliphatic carbocycles. The van der Waals surface area contributed by atoms with Crippen LogP contribution in [0.1, 0.15) is 6.92 Å². The van der Waals surface area contributed by atoms with Crippen molar-refractivity contribution < 1.29 is 0 Å². The number of rotatable bonds is 2. The third-order valence-corrected chi connectivity index (χ3v) is 0.846. The van der Waals surface area contributed by atoms with Crippen molar-refractivity contribution in [3.63, 3.8) is 0 Å². The van der Waals surface area contributed by atoms with Gasteiger partial charge in [0.15, 0.2) is 0 Å². The van der Waals surface area contributed by atoms with E-state index in [9.17, 15) is 0 Å². The molecule has 0 unspecified atom stereocenters. The van der Waals surface area contributed by atoms with E-state index in [1.165, 1.54) is 5.70 Å². The molecule has 0 aromatic heterocycles. The van der Waals surface area contributed by atoms with Gasteiger partial charge in [-0.25, -0.2) is 0 Å². The summed E-state index contributed by atoms with van der Waals surface area (Å²) in [5.41, 5.74) is 1.18. The van der Waals surface area contributed by atoms with Gasteiger partial charge in [-0.1, -0.05) is 0 Å². The Bertz CT molecular complexity index is 84.5. The van der Waals surface area contributed by atoms with Gasteiger partial charge in [-0.05, 0) is 6.92 Å². The van der Waals surface area contributed by atoms with Crippen molar-refractivity contribution in [3.05, 3.63) is 11.9 Å². The Hall–Kier alpha value is -0.660. The van der Waals surface area contributed by atoms with Crippen molar-refractivity contribution in [2.45, 2.75) is 6.92 Å². The Kier molecular flexibility index (Phi) is 3.08. The number of allylic oxidation sites excluding steroid dienone is 1. The van der Waals surface area contributed by atoms with Crippen LogP contribution < -0.4 is 5.32 Å². The molecule has 0 atom stereocenters. The van der Waals surface area contributed by atoms with E-state index in [1.807, 2.05) is 39.2 Å². The Morgan fingerprint density at radius 1 is 1.50 bits per heavy atom. The molecule has 0 aromatic rings. The van der Waals surface area contributed by atoms with Gasteiger partial charge in [0.1, 0.15) is 0 Å². The molecule has 0 amide bonds. The van der Waals surface area contributed by atoms with E-state index in [1.54, 1.807) is 0 Å². The molecule has 1 N–H and O–H groups in total. The molecule has 0 fully saturated rings. The highest BCUT2D eigenvalue weighted by atomic mass is 15.0. The number of nitrogens with zero attached hydrogens (tertiary/aromatic N) is 1. The van der Waals surface area contributed by atoms with E-state index in [4.69, 9.17) is 0 Å². The summed E-state index contributed by atoms with van der Waals surface area (Å²) in [6.07, 6.45) is 2.03. The zero-order valence-electron chi connectivity index (χ0n) is 6.02. The van der Waals surface area contributed by atoms with Gasteiger partial charge in [-0.2, -0.15) is 0 Å². The predicted molar refractivity (Wildman–Crippen MR) is 36.5 cm³/mol. The Morgan fingerprint density at radius 2 is 2.00 bits per heavy atom. The third-order valence-electron chi connectivity index (χ3n) is 0.846. The SMILES string of the molecule is CNC(C)=CN(C)C. The average molecular weight is 114 g/mol. The van der Waals surface area contributed by atoms with Gasteiger partial charge in [0.25, 0.3) is 0 Å². The van der Waals surface area contributed by atoms with Crippen LogP contribution in [0, 0.1) is 0 Å². The second kappa shape index (κ2) is 3.36. The summed E-state index contributed by atoms with van der Waals surface area (Å²) in [6.45, 7) is 2.03. The molecule has 0 spiro atoms. The van der Waals surface area contributed by atoms with Crippen molar-refractivity contribution in [2.75, 3.05) is 21.1 Å². The minimum atomic E-state index is 1.18. The largest absolute Gasteiger partial charge is 0.390 e. The van der Waals surface area contributed by atoms with Crippen LogP contribution in [-0.2, 0) is 0 Å². The lowest BCUT2D eigenvalue weighted by molar-refractivity contribution is 0.553. The van der Waals surface area contributed by atoms with E-state index in [0.717, 1.165) is 0 Å². The minimum absolute atomic E-state index is 1.18. The smallest absolute Gasteiger partial charge is 0.0234 e. The summed E-state index contributed by atoms with van der Waals surface area (Å²) in [6, 6.07) is 0. The monoisotopic (exact) mass is 114 g/mol. The first kappa shape index (κ1) is 7.34. The summed E-state index contributed by atoms with van der Waals surface area (Å²) in [5.74, 6) is 0. The van der Waals surface area contributed by atoms with Crippen LogP contribution in [0.2, 0.25) is 0 Å². The van der Waals surface area contributed by atoms with Gasteiger partial charge in [0.2, 0.25) is 0 Å². The summed E-state index contributed by atoms with van der Waals surface area (Å²) in [4.78, 5) is 2.01. The van der Waals surface area contributed by atoms with E-state index < -0.39 is 0 Å². The van der Waals surface area contributed by atoms with Crippen molar-refractivity contribution in [3.8, 4) is 0 Å². The molecule has 2 heteroatoms. The first-order valence-corrected chi connectivity index (χ1v) is 2.69. The van der Waals surface area contributed by atoms with Gasteiger partial charge >= 0.3 is 0 Å². The summed E-state index contributed by atoms with van der Waals surface area (Å²) in [7, 11) is 5.91. The van der Waals surface area contributed by atoms with Gasteiger partial charge in [0.05, 0.1) is 0 Å². The fourth-order valence-corrected chi connectivity index (χ4v) is 0.452. The highest BCUT2D eigenvalue weighted by Gasteiger charge is 1.80. The maximum Gasteiger partial charge on any atom is 0.0234 e. The molecule has 8 heavy (non-hydrogen) atoms. The van der Waals surface area contributed by atoms with E-state index in [-0.39, 0.29) is 0 Å². The molecular formula is C6H14N2. The van der Waals surface area contributed by atoms with E-state index in [2.05, 4.69) is 5.32 Å². The highest BCUT2D eigenvalue weighted by molar-refractivity contribution is 4.91. The van der Waals surface area contributed by atoms with Gasteiger partial charge in [0, 0.05) is 33.0 Å². The van der Waals surface area contributed by atoms with Crippen molar-refractivity contribution in [2.24, 2.45) is 0 Å². The second-order valence-electron chi connectivity index (χ2n) is 2.03. The zero-order valence-corrected chi connectivity index (χ0v) is 6.02. The van der Waals surface area contributed by atoms with Crippen LogP contribution in [0.3, 0.4) is 0 Å². The van der Waals surface area contributed by atoms with E-state index >= 15 is 0 Å². The number of hydrogen-bond donors (Lipinski definition) is 1. The molecule has 0 aromatic carbocycles. The predicted octanol–water partition coefficient (Wildman–Crippen LogP) is 0.629. The van der Waals surface area contributed by atoms with Gasteiger partial charge < -0.3 is 10.2 Å². The highest BCUT2D eigenvalue weighted by Crippen LogP contribution is 1.84. The zero-order chi connectivity index (χ0) is 6.57. The molecule has 48 valence electrons. The minimum Gasteiger partial charge on any atom is -0.390 e. The van der Waals surface area contributed by atoms with Crippen LogP contribution in [0.4, 0.5) is 0 Å². The van der Waals surface area contributed by atoms with E-state index in [0.29, 0.717) is 0 Å². The number of nitrogens with one attached hydrogen (secondary N) is 1. The number of hydrogen-bond acceptors (Lipinski definition) is 2. The average Bonchev–Trinajstić information content (AvgIpc) is 1.65. The van der Waals surface area contributed by atoms with Gasteiger partial charge in [-0.3, -0.25) is 0 Å². The standard InChI is InChI=1S/C6H14N2/c1-6(7-2)5-8(3)4/h5,7H,1-4H3. The first-order valence-electron chi connectivity index (χ1n) is 2.69. The second-order valence-corrected chi connectivity index (χ2v) is 2.03. The lowest BCUT2D eigenvalue weighted by Crippen LogP contribution is -2.08. The summed E-state index contributed by atoms with van der Waals surface area (Å²) >= 11 is 0. The molecule has 0 aliphatic heterocycles. The maximum absolute atomic E-state index is 3.02. The van der Waals surface area contributed by atoms with Crippen molar-refractivity contribution >= 4 is 0 Å². The molecule has 0 heterocycles. The molecule has 0 saturated heterocycles. The normalized spacial score (nSPS) is 11.2. The summed E-state index contributed by atoms with van der Waals surface area (Å²) < 4.78 is 0. The van der Waals surface area contributed by atoms with Gasteiger partial charge in [-0.15, -0.1) is 0 Å². The molecule has 2 nitrogen and oxygen atoms in total. The first-order chi connectivity index (χ1) is 3.66. The molecule has 0 rings (SSSR count). The Morgan fingerprint density at radius 3 is 2.12 bits per heavy atom. The third kappa shape index (κ3) is 3.53. The lowest BCUT2D eigenvalue weighted by Gasteiger charge is -2.06. The molecule has 0 saturated carbocycles. The molecule has 0 radical (unpaired) electrons. The molecule has 0 aliphatic rings. The molecule has 0 bridgehead atoms.